The van der Waals surface area contributed by atoms with E-state index in [4.69, 9.17) is 16.2 Å². The van der Waals surface area contributed by atoms with Gasteiger partial charge in [-0.3, -0.25) is 9.48 Å². The number of hydrogen-bond acceptors (Lipinski definition) is 8. The number of ether oxygens (including phenoxy) is 1. The van der Waals surface area contributed by atoms with Gasteiger partial charge in [0.1, 0.15) is 11.4 Å². The zero-order valence-corrected chi connectivity index (χ0v) is 19.2. The van der Waals surface area contributed by atoms with Crippen LogP contribution in [0.5, 0.6) is 11.6 Å². The fraction of sp³-hybridized carbons (Fsp3) is 0.391. The first-order chi connectivity index (χ1) is 15.8. The van der Waals surface area contributed by atoms with Crippen molar-refractivity contribution in [2.45, 2.75) is 32.1 Å². The fourth-order valence-corrected chi connectivity index (χ4v) is 4.07. The molecule has 1 aromatic carbocycles. The molecule has 1 aliphatic rings. The van der Waals surface area contributed by atoms with E-state index in [2.05, 4.69) is 32.3 Å². The van der Waals surface area contributed by atoms with Gasteiger partial charge in [0.05, 0.1) is 0 Å². The SMILES string of the molecule is CCc1nc(C(N)=O)c(Nc2cc(C3CCN(C)CC3)n(C)n2)nc1Oc1cccc(N)c1. The van der Waals surface area contributed by atoms with Crippen molar-refractivity contribution in [3.05, 3.63) is 47.4 Å². The average Bonchev–Trinajstić information content (AvgIpc) is 3.14. The number of carbonyl (C=O) groups is 1. The number of aryl methyl sites for hydroxylation is 2. The Balaban J connectivity index is 1.65. The van der Waals surface area contributed by atoms with Gasteiger partial charge in [-0.25, -0.2) is 4.98 Å². The van der Waals surface area contributed by atoms with Crippen LogP contribution in [-0.2, 0) is 13.5 Å². The maximum absolute atomic E-state index is 12.1. The molecule has 1 fully saturated rings. The molecule has 10 heteroatoms. The molecule has 174 valence electrons. The van der Waals surface area contributed by atoms with Crippen molar-refractivity contribution in [2.75, 3.05) is 31.2 Å². The average molecular weight is 451 g/mol. The molecule has 3 heterocycles. The highest BCUT2D eigenvalue weighted by Gasteiger charge is 2.23. The lowest BCUT2D eigenvalue weighted by atomic mass is 9.94. The number of carbonyl (C=O) groups excluding carboxylic acids is 1. The summed E-state index contributed by atoms with van der Waals surface area (Å²) in [4.78, 5) is 23.5. The minimum atomic E-state index is -0.679. The monoisotopic (exact) mass is 450 g/mol. The normalized spacial score (nSPS) is 14.9. The number of anilines is 3. The van der Waals surface area contributed by atoms with Crippen LogP contribution >= 0.6 is 0 Å². The third kappa shape index (κ3) is 5.06. The molecule has 0 spiro atoms. The minimum Gasteiger partial charge on any atom is -0.437 e. The van der Waals surface area contributed by atoms with Gasteiger partial charge in [-0.1, -0.05) is 13.0 Å². The number of likely N-dealkylation sites (tertiary alicyclic amines) is 1. The van der Waals surface area contributed by atoms with Crippen LogP contribution in [0.1, 0.15) is 47.6 Å². The largest absolute Gasteiger partial charge is 0.437 e. The Hall–Kier alpha value is -3.66. The predicted octanol–water partition coefficient (Wildman–Crippen LogP) is 2.80. The van der Waals surface area contributed by atoms with Crippen LogP contribution in [-0.4, -0.2) is 50.7 Å². The van der Waals surface area contributed by atoms with Crippen LogP contribution in [0, 0.1) is 0 Å². The van der Waals surface area contributed by atoms with Crippen molar-refractivity contribution in [1.82, 2.24) is 24.6 Å². The molecule has 0 bridgehead atoms. The number of aromatic nitrogens is 4. The Kier molecular flexibility index (Phi) is 6.45. The molecule has 2 aromatic heterocycles. The van der Waals surface area contributed by atoms with Crippen molar-refractivity contribution < 1.29 is 9.53 Å². The molecule has 3 aromatic rings. The number of nitrogens with one attached hydrogen (secondary N) is 1. The molecule has 0 aliphatic carbocycles. The summed E-state index contributed by atoms with van der Waals surface area (Å²) in [6.45, 7) is 4.01. The maximum Gasteiger partial charge on any atom is 0.271 e. The van der Waals surface area contributed by atoms with Crippen LogP contribution in [0.2, 0.25) is 0 Å². The molecule has 33 heavy (non-hydrogen) atoms. The lowest BCUT2D eigenvalue weighted by Gasteiger charge is -2.28. The summed E-state index contributed by atoms with van der Waals surface area (Å²) < 4.78 is 7.83. The fourth-order valence-electron chi connectivity index (χ4n) is 4.07. The minimum absolute atomic E-state index is 0.0401. The molecular formula is C23H30N8O2. The van der Waals surface area contributed by atoms with Crippen LogP contribution in [0.3, 0.4) is 0 Å². The Morgan fingerprint density at radius 3 is 2.64 bits per heavy atom. The molecule has 0 atom stereocenters. The van der Waals surface area contributed by atoms with Gasteiger partial charge in [0.2, 0.25) is 5.88 Å². The van der Waals surface area contributed by atoms with E-state index in [9.17, 15) is 4.79 Å². The second-order valence-electron chi connectivity index (χ2n) is 8.35. The lowest BCUT2D eigenvalue weighted by Crippen LogP contribution is -2.29. The van der Waals surface area contributed by atoms with E-state index in [1.54, 1.807) is 24.3 Å². The first kappa shape index (κ1) is 22.5. The third-order valence-electron chi connectivity index (χ3n) is 5.87. The molecule has 0 radical (unpaired) electrons. The Morgan fingerprint density at radius 1 is 1.21 bits per heavy atom. The van der Waals surface area contributed by atoms with Gasteiger partial charge in [-0.2, -0.15) is 10.1 Å². The van der Waals surface area contributed by atoms with E-state index in [-0.39, 0.29) is 17.4 Å². The van der Waals surface area contributed by atoms with Crippen LogP contribution in [0.4, 0.5) is 17.3 Å². The summed E-state index contributed by atoms with van der Waals surface area (Å²) in [7, 11) is 4.06. The van der Waals surface area contributed by atoms with E-state index in [1.807, 2.05) is 24.7 Å². The molecule has 0 unspecified atom stereocenters. The Bertz CT molecular complexity index is 1150. The smallest absolute Gasteiger partial charge is 0.271 e. The molecule has 1 saturated heterocycles. The van der Waals surface area contributed by atoms with Crippen molar-refractivity contribution in [3.63, 3.8) is 0 Å². The van der Waals surface area contributed by atoms with Crippen molar-refractivity contribution in [2.24, 2.45) is 12.8 Å². The molecule has 1 aliphatic heterocycles. The second kappa shape index (κ2) is 9.45. The Morgan fingerprint density at radius 2 is 1.97 bits per heavy atom. The van der Waals surface area contributed by atoms with Gasteiger partial charge in [0, 0.05) is 36.5 Å². The highest BCUT2D eigenvalue weighted by Crippen LogP contribution is 2.31. The van der Waals surface area contributed by atoms with Crippen LogP contribution in [0.25, 0.3) is 0 Å². The van der Waals surface area contributed by atoms with E-state index in [1.165, 1.54) is 0 Å². The number of amides is 1. The Labute approximate surface area is 193 Å². The van der Waals surface area contributed by atoms with E-state index in [0.717, 1.165) is 31.6 Å². The van der Waals surface area contributed by atoms with E-state index < -0.39 is 5.91 Å². The third-order valence-corrected chi connectivity index (χ3v) is 5.87. The highest BCUT2D eigenvalue weighted by atomic mass is 16.5. The number of piperidine rings is 1. The first-order valence-electron chi connectivity index (χ1n) is 11.1. The number of benzene rings is 1. The summed E-state index contributed by atoms with van der Waals surface area (Å²) in [5, 5.41) is 7.71. The molecule has 0 saturated carbocycles. The van der Waals surface area contributed by atoms with Gasteiger partial charge in [-0.15, -0.1) is 0 Å². The number of rotatable bonds is 7. The standard InChI is InChI=1S/C23H30N8O2/c1-4-17-23(33-16-7-5-6-15(24)12-16)28-22(20(26-17)21(25)32)27-19-13-18(31(3)29-19)14-8-10-30(2)11-9-14/h5-7,12-14H,4,8-11,24H2,1-3H3,(H2,25,32)(H,27,28,29). The van der Waals surface area contributed by atoms with E-state index in [0.29, 0.717) is 35.3 Å². The summed E-state index contributed by atoms with van der Waals surface area (Å²) >= 11 is 0. The zero-order valence-electron chi connectivity index (χ0n) is 19.2. The molecule has 1 amide bonds. The summed E-state index contributed by atoms with van der Waals surface area (Å²) in [5.74, 6) is 1.33. The number of nitrogen functional groups attached to an aromatic ring is 1. The molecule has 4 rings (SSSR count). The lowest BCUT2D eigenvalue weighted by molar-refractivity contribution is 0.0996. The number of nitrogens with two attached hydrogens (primary N) is 2. The van der Waals surface area contributed by atoms with Gasteiger partial charge in [0.15, 0.2) is 17.3 Å². The highest BCUT2D eigenvalue weighted by molar-refractivity contribution is 5.96. The van der Waals surface area contributed by atoms with Gasteiger partial charge >= 0.3 is 0 Å². The van der Waals surface area contributed by atoms with Crippen LogP contribution in [0.15, 0.2) is 30.3 Å². The van der Waals surface area contributed by atoms with Gasteiger partial charge in [-0.05, 0) is 51.5 Å². The van der Waals surface area contributed by atoms with E-state index >= 15 is 0 Å². The number of hydrogen-bond donors (Lipinski definition) is 3. The zero-order chi connectivity index (χ0) is 23.5. The number of primary amides is 1. The van der Waals surface area contributed by atoms with Crippen molar-refractivity contribution >= 4 is 23.2 Å². The summed E-state index contributed by atoms with van der Waals surface area (Å²) in [6, 6.07) is 9.03. The quantitative estimate of drug-likeness (QED) is 0.467. The van der Waals surface area contributed by atoms with Crippen molar-refractivity contribution in [1.29, 1.82) is 0 Å². The van der Waals surface area contributed by atoms with Crippen LogP contribution < -0.4 is 21.5 Å². The molecular weight excluding hydrogens is 420 g/mol. The summed E-state index contributed by atoms with van der Waals surface area (Å²) in [5.41, 5.74) is 13.7. The maximum atomic E-state index is 12.1. The van der Waals surface area contributed by atoms with Gasteiger partial charge in [0.25, 0.3) is 5.91 Å². The summed E-state index contributed by atoms with van der Waals surface area (Å²) in [6.07, 6.45) is 2.66. The molecule has 5 N–H and O–H groups in total. The first-order valence-corrected chi connectivity index (χ1v) is 11.1. The predicted molar refractivity (Wildman–Crippen MR) is 127 cm³/mol. The van der Waals surface area contributed by atoms with Crippen molar-refractivity contribution in [3.8, 4) is 11.6 Å². The topological polar surface area (TPSA) is 137 Å². The second-order valence-corrected chi connectivity index (χ2v) is 8.35. The molecule has 10 nitrogen and oxygen atoms in total. The van der Waals surface area contributed by atoms with Gasteiger partial charge < -0.3 is 26.4 Å². The number of nitrogens with zero attached hydrogens (tertiary/aromatic N) is 5.